The molecule has 2 aromatic carbocycles. The molecule has 1 N–H and O–H groups in total. The number of fused-ring (bicyclic) bond motifs is 1. The van der Waals surface area contributed by atoms with Gasteiger partial charge in [-0.2, -0.15) is 4.31 Å². The van der Waals surface area contributed by atoms with Gasteiger partial charge in [0.1, 0.15) is 0 Å². The topological polar surface area (TPSA) is 77.9 Å². The summed E-state index contributed by atoms with van der Waals surface area (Å²) in [6.45, 7) is 2.06. The van der Waals surface area contributed by atoms with Crippen LogP contribution in [0.15, 0.2) is 48.5 Å². The van der Waals surface area contributed by atoms with Crippen LogP contribution in [0.5, 0.6) is 0 Å². The van der Waals surface area contributed by atoms with Crippen molar-refractivity contribution in [2.45, 2.75) is 24.9 Å². The zero-order valence-electron chi connectivity index (χ0n) is 15.9. The lowest BCUT2D eigenvalue weighted by Crippen LogP contribution is -2.73. The molecule has 0 aliphatic carbocycles. The van der Waals surface area contributed by atoms with Crippen LogP contribution in [0.1, 0.15) is 17.0 Å². The maximum absolute atomic E-state index is 12.4. The summed E-state index contributed by atoms with van der Waals surface area (Å²) >= 11 is 0. The van der Waals surface area contributed by atoms with Crippen LogP contribution in [-0.4, -0.2) is 66.7 Å². The number of sulfonamides is 1. The van der Waals surface area contributed by atoms with Crippen LogP contribution < -0.4 is 0 Å². The molecule has 0 aromatic heterocycles. The van der Waals surface area contributed by atoms with Crippen LogP contribution in [-0.2, 0) is 14.8 Å². The normalized spacial score (nSPS) is 25.3. The summed E-state index contributed by atoms with van der Waals surface area (Å²) < 4.78 is 25.1. The molecular weight excluding hydrogens is 376 g/mol. The van der Waals surface area contributed by atoms with E-state index in [9.17, 15) is 18.3 Å². The number of hydrogen-bond acceptors (Lipinski definition) is 4. The first-order valence-electron chi connectivity index (χ1n) is 9.34. The molecule has 2 heterocycles. The summed E-state index contributed by atoms with van der Waals surface area (Å²) in [5.74, 6) is -0.321. The summed E-state index contributed by atoms with van der Waals surface area (Å²) in [4.78, 5) is 14.1. The van der Waals surface area contributed by atoms with Crippen molar-refractivity contribution in [2.75, 3.05) is 26.0 Å². The zero-order chi connectivity index (χ0) is 20.1. The quantitative estimate of drug-likeness (QED) is 0.846. The van der Waals surface area contributed by atoms with Gasteiger partial charge in [0.15, 0.2) is 0 Å². The smallest absolute Gasteiger partial charge is 0.238 e. The second-order valence-electron chi connectivity index (χ2n) is 7.64. The highest BCUT2D eigenvalue weighted by Gasteiger charge is 2.54. The number of carbonyl (C=O) groups is 1. The number of nitrogens with zero attached hydrogens (tertiary/aromatic N) is 2. The molecule has 7 heteroatoms. The summed E-state index contributed by atoms with van der Waals surface area (Å²) in [7, 11) is -3.44. The summed E-state index contributed by atoms with van der Waals surface area (Å²) in [5.41, 5.74) is 4.48. The van der Waals surface area contributed by atoms with E-state index in [1.54, 1.807) is 4.90 Å². The minimum atomic E-state index is -3.44. The van der Waals surface area contributed by atoms with Crippen molar-refractivity contribution in [1.29, 1.82) is 0 Å². The van der Waals surface area contributed by atoms with Gasteiger partial charge in [-0.25, -0.2) is 8.42 Å². The van der Waals surface area contributed by atoms with Crippen LogP contribution in [0.3, 0.4) is 0 Å². The van der Waals surface area contributed by atoms with Crippen LogP contribution in [0.25, 0.3) is 11.1 Å². The fraction of sp³-hybridized carbons (Fsp3) is 0.381. The van der Waals surface area contributed by atoms with Gasteiger partial charge >= 0.3 is 0 Å². The fourth-order valence-corrected chi connectivity index (χ4v) is 5.27. The highest BCUT2D eigenvalue weighted by atomic mass is 32.2. The first-order chi connectivity index (χ1) is 13.3. The third-order valence-corrected chi connectivity index (χ3v) is 7.16. The molecule has 2 saturated heterocycles. The Labute approximate surface area is 165 Å². The predicted molar refractivity (Wildman–Crippen MR) is 107 cm³/mol. The van der Waals surface area contributed by atoms with E-state index < -0.39 is 10.0 Å². The number of carbonyl (C=O) groups excluding carboxylic acids is 1. The number of aryl methyl sites for hydroxylation is 1. The Bertz CT molecular complexity index is 1000. The van der Waals surface area contributed by atoms with Gasteiger partial charge in [-0.1, -0.05) is 48.5 Å². The highest BCUT2D eigenvalue weighted by molar-refractivity contribution is 7.88. The average molecular weight is 401 g/mol. The average Bonchev–Trinajstić information content (AvgIpc) is 2.63. The predicted octanol–water partition coefficient (Wildman–Crippen LogP) is 1.59. The monoisotopic (exact) mass is 400 g/mol. The third kappa shape index (κ3) is 3.13. The molecule has 0 bridgehead atoms. The number of hydrogen-bond donors (Lipinski definition) is 1. The minimum Gasteiger partial charge on any atom is -0.394 e. The van der Waals surface area contributed by atoms with Crippen LogP contribution in [0.2, 0.25) is 0 Å². The van der Waals surface area contributed by atoms with Gasteiger partial charge in [0.2, 0.25) is 15.9 Å². The maximum atomic E-state index is 12.4. The summed E-state index contributed by atoms with van der Waals surface area (Å²) in [6.07, 6.45) is 1.13. The van der Waals surface area contributed by atoms with Crippen molar-refractivity contribution in [2.24, 2.45) is 0 Å². The molecule has 3 atom stereocenters. The van der Waals surface area contributed by atoms with E-state index in [4.69, 9.17) is 0 Å². The Morgan fingerprint density at radius 1 is 1.11 bits per heavy atom. The Morgan fingerprint density at radius 3 is 2.39 bits per heavy atom. The molecule has 2 fully saturated rings. The molecule has 0 saturated carbocycles. The maximum Gasteiger partial charge on any atom is 0.238 e. The first-order valence-corrected chi connectivity index (χ1v) is 11.2. The van der Waals surface area contributed by atoms with Crippen LogP contribution >= 0.6 is 0 Å². The second kappa shape index (κ2) is 6.99. The number of aliphatic hydroxyl groups excluding tert-OH is 1. The van der Waals surface area contributed by atoms with Gasteiger partial charge in [-0.3, -0.25) is 4.79 Å². The number of piperazine rings is 1. The van der Waals surface area contributed by atoms with E-state index in [1.165, 1.54) is 15.4 Å². The van der Waals surface area contributed by atoms with Crippen molar-refractivity contribution >= 4 is 15.9 Å². The number of aliphatic hydroxyl groups is 1. The summed E-state index contributed by atoms with van der Waals surface area (Å²) in [5, 5.41) is 9.84. The lowest BCUT2D eigenvalue weighted by atomic mass is 9.74. The minimum absolute atomic E-state index is 0.0792. The Kier molecular flexibility index (Phi) is 4.77. The van der Waals surface area contributed by atoms with E-state index in [2.05, 4.69) is 19.1 Å². The third-order valence-electron chi connectivity index (χ3n) is 5.94. The van der Waals surface area contributed by atoms with Gasteiger partial charge in [0.25, 0.3) is 0 Å². The molecule has 2 aliphatic rings. The van der Waals surface area contributed by atoms with E-state index in [0.29, 0.717) is 0 Å². The Balaban J connectivity index is 1.63. The Morgan fingerprint density at radius 2 is 1.79 bits per heavy atom. The van der Waals surface area contributed by atoms with Crippen LogP contribution in [0.4, 0.5) is 0 Å². The molecule has 2 aliphatic heterocycles. The number of rotatable bonds is 4. The standard InChI is InChI=1S/C21H24N2O4S/c1-14-5-3-4-6-17(14)15-7-9-16(10-8-15)21-18-11-22(28(2,26)27)12-20(25)23(18)19(21)13-24/h3-10,18-19,21,24H,11-13H2,1-2H3/t18-,19+,21-/m1/s1. The zero-order valence-corrected chi connectivity index (χ0v) is 16.8. The van der Waals surface area contributed by atoms with Crippen molar-refractivity contribution in [3.8, 4) is 11.1 Å². The SMILES string of the molecule is Cc1ccccc1-c1ccc([C@@H]2[C@H]3CN(S(C)(=O)=O)CC(=O)N3[C@H]2CO)cc1. The van der Waals surface area contributed by atoms with E-state index in [-0.39, 0.29) is 43.6 Å². The lowest BCUT2D eigenvalue weighted by Gasteiger charge is -2.58. The molecule has 1 amide bonds. The molecule has 6 nitrogen and oxygen atoms in total. The lowest BCUT2D eigenvalue weighted by molar-refractivity contribution is -0.158. The fourth-order valence-electron chi connectivity index (χ4n) is 4.50. The summed E-state index contributed by atoms with van der Waals surface area (Å²) in [6, 6.07) is 15.8. The molecule has 148 valence electrons. The van der Waals surface area contributed by atoms with Gasteiger partial charge in [-0.05, 0) is 29.2 Å². The van der Waals surface area contributed by atoms with Crippen molar-refractivity contribution in [3.05, 3.63) is 59.7 Å². The van der Waals surface area contributed by atoms with Crippen LogP contribution in [0, 0.1) is 6.92 Å². The highest BCUT2D eigenvalue weighted by Crippen LogP contribution is 2.43. The van der Waals surface area contributed by atoms with Gasteiger partial charge in [0.05, 0.1) is 31.5 Å². The Hall–Kier alpha value is -2.22. The van der Waals surface area contributed by atoms with Crippen molar-refractivity contribution < 1.29 is 18.3 Å². The van der Waals surface area contributed by atoms with Gasteiger partial charge in [0, 0.05) is 12.5 Å². The second-order valence-corrected chi connectivity index (χ2v) is 9.62. The molecule has 0 radical (unpaired) electrons. The number of amides is 1. The molecule has 28 heavy (non-hydrogen) atoms. The molecule has 0 unspecified atom stereocenters. The van der Waals surface area contributed by atoms with E-state index in [1.807, 2.05) is 36.4 Å². The molecule has 0 spiro atoms. The molecular formula is C21H24N2O4S. The first kappa shape index (κ1) is 19.1. The molecule has 4 rings (SSSR count). The van der Waals surface area contributed by atoms with Gasteiger partial charge < -0.3 is 10.0 Å². The van der Waals surface area contributed by atoms with Crippen molar-refractivity contribution in [3.63, 3.8) is 0 Å². The van der Waals surface area contributed by atoms with E-state index >= 15 is 0 Å². The van der Waals surface area contributed by atoms with Gasteiger partial charge in [-0.15, -0.1) is 0 Å². The molecule has 2 aromatic rings. The number of benzene rings is 2. The largest absolute Gasteiger partial charge is 0.394 e. The van der Waals surface area contributed by atoms with Crippen molar-refractivity contribution in [1.82, 2.24) is 9.21 Å². The van der Waals surface area contributed by atoms with E-state index in [0.717, 1.165) is 17.4 Å².